The van der Waals surface area contributed by atoms with Crippen molar-refractivity contribution < 1.29 is 4.79 Å². The van der Waals surface area contributed by atoms with Crippen molar-refractivity contribution >= 4 is 11.7 Å². The minimum atomic E-state index is 0.112. The molecular formula is C16H24N4O. The number of piperidine rings is 1. The molecule has 1 aliphatic heterocycles. The molecular weight excluding hydrogens is 264 g/mol. The van der Waals surface area contributed by atoms with E-state index >= 15 is 0 Å². The number of nitrogens with zero attached hydrogens (tertiary/aromatic N) is 2. The number of amides is 1. The third-order valence-corrected chi connectivity index (χ3v) is 4.93. The summed E-state index contributed by atoms with van der Waals surface area (Å²) in [7, 11) is 0. The van der Waals surface area contributed by atoms with Crippen LogP contribution in [0.4, 0.5) is 5.82 Å². The Balaban J connectivity index is 1.74. The van der Waals surface area contributed by atoms with Crippen molar-refractivity contribution in [2.24, 2.45) is 17.7 Å². The number of likely N-dealkylation sites (tertiary alicyclic amines) is 1. The molecule has 1 aromatic heterocycles. The average molecular weight is 288 g/mol. The van der Waals surface area contributed by atoms with Gasteiger partial charge >= 0.3 is 0 Å². The number of hydrogen-bond donors (Lipinski definition) is 2. The van der Waals surface area contributed by atoms with Gasteiger partial charge in [-0.2, -0.15) is 0 Å². The van der Waals surface area contributed by atoms with Crippen molar-refractivity contribution in [1.29, 1.82) is 0 Å². The number of nitrogens with one attached hydrogen (secondary N) is 1. The Hall–Kier alpha value is -1.62. The third kappa shape index (κ3) is 3.02. The Labute approximate surface area is 125 Å². The zero-order chi connectivity index (χ0) is 14.8. The molecule has 0 bridgehead atoms. The Bertz CT molecular complexity index is 531. The van der Waals surface area contributed by atoms with Crippen LogP contribution in [0.25, 0.3) is 0 Å². The molecule has 1 amide bonds. The SMILES string of the molecule is Cc1cc(C(=O)N2CCC3CCCCC3C2)cc(NN)n1. The van der Waals surface area contributed by atoms with E-state index < -0.39 is 0 Å². The van der Waals surface area contributed by atoms with Crippen LogP contribution in [-0.4, -0.2) is 28.9 Å². The maximum Gasteiger partial charge on any atom is 0.254 e. The lowest BCUT2D eigenvalue weighted by molar-refractivity contribution is 0.0521. The summed E-state index contributed by atoms with van der Waals surface area (Å²) in [5, 5.41) is 0. The van der Waals surface area contributed by atoms with E-state index in [-0.39, 0.29) is 5.91 Å². The number of carbonyl (C=O) groups is 1. The highest BCUT2D eigenvalue weighted by atomic mass is 16.2. The molecule has 0 aromatic carbocycles. The van der Waals surface area contributed by atoms with Gasteiger partial charge in [0.05, 0.1) is 0 Å². The van der Waals surface area contributed by atoms with Gasteiger partial charge < -0.3 is 10.3 Å². The van der Waals surface area contributed by atoms with Gasteiger partial charge in [-0.25, -0.2) is 10.8 Å². The summed E-state index contributed by atoms with van der Waals surface area (Å²) >= 11 is 0. The van der Waals surface area contributed by atoms with E-state index in [0.717, 1.165) is 31.1 Å². The maximum atomic E-state index is 12.7. The normalized spacial score (nSPS) is 25.3. The predicted octanol–water partition coefficient (Wildman–Crippen LogP) is 2.33. The van der Waals surface area contributed by atoms with Gasteiger partial charge in [-0.05, 0) is 43.7 Å². The summed E-state index contributed by atoms with van der Waals surface area (Å²) in [6.07, 6.45) is 6.47. The minimum Gasteiger partial charge on any atom is -0.338 e. The summed E-state index contributed by atoms with van der Waals surface area (Å²) in [6.45, 7) is 3.67. The number of hydrazine groups is 1. The topological polar surface area (TPSA) is 71.2 Å². The van der Waals surface area contributed by atoms with Crippen molar-refractivity contribution in [2.45, 2.75) is 39.0 Å². The number of carbonyl (C=O) groups excluding carboxylic acids is 1. The lowest BCUT2D eigenvalue weighted by Gasteiger charge is -2.41. The number of aromatic nitrogens is 1. The molecule has 5 heteroatoms. The van der Waals surface area contributed by atoms with Crippen LogP contribution in [0.1, 0.15) is 48.2 Å². The highest BCUT2D eigenvalue weighted by Crippen LogP contribution is 2.36. The highest BCUT2D eigenvalue weighted by molar-refractivity contribution is 5.95. The number of nitrogen functional groups attached to an aromatic ring is 1. The quantitative estimate of drug-likeness (QED) is 0.647. The molecule has 3 rings (SSSR count). The molecule has 2 fully saturated rings. The molecule has 2 unspecified atom stereocenters. The molecule has 114 valence electrons. The molecule has 2 aliphatic rings. The van der Waals surface area contributed by atoms with Crippen molar-refractivity contribution in [3.05, 3.63) is 23.4 Å². The van der Waals surface area contributed by atoms with Gasteiger partial charge in [-0.3, -0.25) is 4.79 Å². The van der Waals surface area contributed by atoms with Gasteiger partial charge in [-0.1, -0.05) is 19.3 Å². The largest absolute Gasteiger partial charge is 0.338 e. The van der Waals surface area contributed by atoms with E-state index in [2.05, 4.69) is 10.4 Å². The standard InChI is InChI=1S/C16H24N4O/c1-11-8-14(9-15(18-11)19-17)16(21)20-7-6-12-4-2-3-5-13(12)10-20/h8-9,12-13H,2-7,10,17H2,1H3,(H,18,19). The number of fused-ring (bicyclic) bond motifs is 1. The zero-order valence-corrected chi connectivity index (χ0v) is 12.6. The molecule has 5 nitrogen and oxygen atoms in total. The first-order chi connectivity index (χ1) is 10.2. The highest BCUT2D eigenvalue weighted by Gasteiger charge is 2.33. The summed E-state index contributed by atoms with van der Waals surface area (Å²) in [4.78, 5) is 19.0. The zero-order valence-electron chi connectivity index (χ0n) is 12.6. The van der Waals surface area contributed by atoms with Crippen molar-refractivity contribution in [3.63, 3.8) is 0 Å². The van der Waals surface area contributed by atoms with Gasteiger partial charge in [0, 0.05) is 24.3 Å². The van der Waals surface area contributed by atoms with E-state index in [4.69, 9.17) is 5.84 Å². The fourth-order valence-electron chi connectivity index (χ4n) is 3.83. The van der Waals surface area contributed by atoms with Crippen molar-refractivity contribution in [1.82, 2.24) is 9.88 Å². The Morgan fingerprint density at radius 1 is 1.29 bits per heavy atom. The van der Waals surface area contributed by atoms with Crippen LogP contribution in [0.15, 0.2) is 12.1 Å². The van der Waals surface area contributed by atoms with E-state index in [1.807, 2.05) is 17.9 Å². The summed E-state index contributed by atoms with van der Waals surface area (Å²) < 4.78 is 0. The van der Waals surface area contributed by atoms with Gasteiger partial charge in [0.2, 0.25) is 0 Å². The van der Waals surface area contributed by atoms with Gasteiger partial charge in [0.25, 0.3) is 5.91 Å². The molecule has 21 heavy (non-hydrogen) atoms. The van der Waals surface area contributed by atoms with E-state index in [1.165, 1.54) is 25.7 Å². The lowest BCUT2D eigenvalue weighted by atomic mass is 9.75. The van der Waals surface area contributed by atoms with Crippen LogP contribution in [0.5, 0.6) is 0 Å². The number of pyridine rings is 1. The van der Waals surface area contributed by atoms with Crippen LogP contribution < -0.4 is 11.3 Å². The molecule has 0 radical (unpaired) electrons. The number of anilines is 1. The van der Waals surface area contributed by atoms with E-state index in [1.54, 1.807) is 6.07 Å². The van der Waals surface area contributed by atoms with E-state index in [9.17, 15) is 4.79 Å². The number of rotatable bonds is 2. The molecule has 3 N–H and O–H groups in total. The first-order valence-corrected chi connectivity index (χ1v) is 7.92. The minimum absolute atomic E-state index is 0.112. The van der Waals surface area contributed by atoms with Crippen LogP contribution in [-0.2, 0) is 0 Å². The second kappa shape index (κ2) is 6.02. The second-order valence-electron chi connectivity index (χ2n) is 6.37. The van der Waals surface area contributed by atoms with E-state index in [0.29, 0.717) is 17.3 Å². The molecule has 1 saturated heterocycles. The fraction of sp³-hybridized carbons (Fsp3) is 0.625. The Morgan fingerprint density at radius 3 is 2.81 bits per heavy atom. The number of hydrogen-bond acceptors (Lipinski definition) is 4. The van der Waals surface area contributed by atoms with Gasteiger partial charge in [-0.15, -0.1) is 0 Å². The second-order valence-corrected chi connectivity index (χ2v) is 6.37. The van der Waals surface area contributed by atoms with Crippen LogP contribution >= 0.6 is 0 Å². The van der Waals surface area contributed by atoms with Crippen LogP contribution in [0.2, 0.25) is 0 Å². The molecule has 2 atom stereocenters. The molecule has 0 spiro atoms. The average Bonchev–Trinajstić information content (AvgIpc) is 2.53. The predicted molar refractivity (Wildman–Crippen MR) is 82.8 cm³/mol. The first-order valence-electron chi connectivity index (χ1n) is 7.92. The van der Waals surface area contributed by atoms with Crippen molar-refractivity contribution in [3.8, 4) is 0 Å². The lowest BCUT2D eigenvalue weighted by Crippen LogP contribution is -2.44. The van der Waals surface area contributed by atoms with Crippen molar-refractivity contribution in [2.75, 3.05) is 18.5 Å². The Kier molecular flexibility index (Phi) is 4.10. The number of aryl methyl sites for hydroxylation is 1. The smallest absolute Gasteiger partial charge is 0.254 e. The maximum absolute atomic E-state index is 12.7. The first kappa shape index (κ1) is 14.3. The number of nitrogens with two attached hydrogens (primary N) is 1. The third-order valence-electron chi connectivity index (χ3n) is 4.93. The summed E-state index contributed by atoms with van der Waals surface area (Å²) in [6, 6.07) is 3.58. The molecule has 1 aliphatic carbocycles. The molecule has 1 saturated carbocycles. The molecule has 1 aromatic rings. The summed E-state index contributed by atoms with van der Waals surface area (Å²) in [5.41, 5.74) is 4.02. The fourth-order valence-corrected chi connectivity index (χ4v) is 3.83. The molecule has 2 heterocycles. The van der Waals surface area contributed by atoms with Gasteiger partial charge in [0.15, 0.2) is 0 Å². The van der Waals surface area contributed by atoms with Crippen LogP contribution in [0, 0.1) is 18.8 Å². The monoisotopic (exact) mass is 288 g/mol. The van der Waals surface area contributed by atoms with Gasteiger partial charge in [0.1, 0.15) is 5.82 Å². The Morgan fingerprint density at radius 2 is 2.05 bits per heavy atom. The summed E-state index contributed by atoms with van der Waals surface area (Å²) in [5.74, 6) is 7.61. The van der Waals surface area contributed by atoms with Crippen LogP contribution in [0.3, 0.4) is 0 Å².